The Bertz CT molecular complexity index is 283. The molecule has 0 bridgehead atoms. The van der Waals surface area contributed by atoms with Gasteiger partial charge in [0.2, 0.25) is 0 Å². The number of rotatable bonds is 1. The van der Waals surface area contributed by atoms with Gasteiger partial charge in [-0.25, -0.2) is 9.97 Å². The molecule has 2 rings (SSSR count). The average molecular weight is 214 g/mol. The summed E-state index contributed by atoms with van der Waals surface area (Å²) in [6.45, 7) is 0. The van der Waals surface area contributed by atoms with Crippen LogP contribution < -0.4 is 5.73 Å². The van der Waals surface area contributed by atoms with Gasteiger partial charge in [-0.05, 0) is 28.8 Å². The van der Waals surface area contributed by atoms with E-state index in [-0.39, 0.29) is 5.54 Å². The zero-order chi connectivity index (χ0) is 7.90. The fourth-order valence-electron chi connectivity index (χ4n) is 1.05. The molecular weight excluding hydrogens is 206 g/mol. The predicted molar refractivity (Wildman–Crippen MR) is 44.8 cm³/mol. The Balaban J connectivity index is 2.45. The summed E-state index contributed by atoms with van der Waals surface area (Å²) in [7, 11) is 0. The molecule has 11 heavy (non-hydrogen) atoms. The van der Waals surface area contributed by atoms with E-state index in [9.17, 15) is 0 Å². The van der Waals surface area contributed by atoms with Crippen molar-refractivity contribution >= 4 is 15.9 Å². The smallest absolute Gasteiger partial charge is 0.115 e. The lowest BCUT2D eigenvalue weighted by atomic mass is 10.2. The van der Waals surface area contributed by atoms with Crippen LogP contribution in [-0.4, -0.2) is 9.97 Å². The predicted octanol–water partition coefficient (Wildman–Crippen LogP) is 1.19. The first-order chi connectivity index (χ1) is 5.22. The quantitative estimate of drug-likeness (QED) is 0.763. The molecule has 0 atom stereocenters. The average Bonchev–Trinajstić information content (AvgIpc) is 2.70. The van der Waals surface area contributed by atoms with Crippen LogP contribution >= 0.6 is 15.9 Å². The second-order valence-corrected chi connectivity index (χ2v) is 3.73. The minimum Gasteiger partial charge on any atom is -0.320 e. The van der Waals surface area contributed by atoms with Crippen molar-refractivity contribution in [3.8, 4) is 0 Å². The van der Waals surface area contributed by atoms with Crippen molar-refractivity contribution in [2.24, 2.45) is 5.73 Å². The monoisotopic (exact) mass is 213 g/mol. The molecule has 58 valence electrons. The molecule has 2 N–H and O–H groups in total. The molecule has 1 saturated carbocycles. The highest BCUT2D eigenvalue weighted by molar-refractivity contribution is 9.10. The van der Waals surface area contributed by atoms with E-state index in [0.29, 0.717) is 0 Å². The minimum absolute atomic E-state index is 0.165. The van der Waals surface area contributed by atoms with Crippen LogP contribution in [0.4, 0.5) is 0 Å². The Morgan fingerprint density at radius 1 is 1.55 bits per heavy atom. The van der Waals surface area contributed by atoms with Gasteiger partial charge in [0, 0.05) is 6.20 Å². The summed E-state index contributed by atoms with van der Waals surface area (Å²) < 4.78 is 0.917. The van der Waals surface area contributed by atoms with Crippen LogP contribution in [0.5, 0.6) is 0 Å². The van der Waals surface area contributed by atoms with Crippen molar-refractivity contribution in [3.05, 3.63) is 22.7 Å². The van der Waals surface area contributed by atoms with Crippen molar-refractivity contribution in [3.63, 3.8) is 0 Å². The molecule has 0 radical (unpaired) electrons. The lowest BCUT2D eigenvalue weighted by Gasteiger charge is -2.07. The van der Waals surface area contributed by atoms with E-state index in [1.165, 1.54) is 6.33 Å². The summed E-state index contributed by atoms with van der Waals surface area (Å²) in [5, 5.41) is 0. The van der Waals surface area contributed by atoms with Crippen molar-refractivity contribution in [2.45, 2.75) is 18.4 Å². The Morgan fingerprint density at radius 3 is 2.82 bits per heavy atom. The number of aromatic nitrogens is 2. The van der Waals surface area contributed by atoms with Gasteiger partial charge in [0.25, 0.3) is 0 Å². The summed E-state index contributed by atoms with van der Waals surface area (Å²) in [6.07, 6.45) is 5.33. The lowest BCUT2D eigenvalue weighted by molar-refractivity contribution is 0.697. The van der Waals surface area contributed by atoms with Gasteiger partial charge in [-0.3, -0.25) is 0 Å². The second kappa shape index (κ2) is 2.25. The molecule has 1 aliphatic rings. The van der Waals surface area contributed by atoms with Gasteiger partial charge in [0.1, 0.15) is 6.33 Å². The number of hydrogen-bond acceptors (Lipinski definition) is 3. The van der Waals surface area contributed by atoms with E-state index >= 15 is 0 Å². The van der Waals surface area contributed by atoms with Crippen LogP contribution in [-0.2, 0) is 5.54 Å². The highest BCUT2D eigenvalue weighted by atomic mass is 79.9. The lowest BCUT2D eigenvalue weighted by Crippen LogP contribution is -2.20. The maximum absolute atomic E-state index is 5.95. The van der Waals surface area contributed by atoms with Gasteiger partial charge >= 0.3 is 0 Å². The third-order valence-corrected chi connectivity index (χ3v) is 2.51. The standard InChI is InChI=1S/C7H8BrN3/c8-5-3-10-4-11-6(5)7(9)1-2-7/h3-4H,1-2,9H2. The van der Waals surface area contributed by atoms with Crippen LogP contribution in [0.25, 0.3) is 0 Å². The first kappa shape index (κ1) is 7.18. The molecule has 4 heteroatoms. The normalized spacial score (nSPS) is 19.8. The first-order valence-electron chi connectivity index (χ1n) is 3.47. The minimum atomic E-state index is -0.165. The second-order valence-electron chi connectivity index (χ2n) is 2.88. The van der Waals surface area contributed by atoms with E-state index in [0.717, 1.165) is 23.0 Å². The maximum atomic E-state index is 5.95. The summed E-state index contributed by atoms with van der Waals surface area (Å²) in [4.78, 5) is 8.00. The number of nitrogens with zero attached hydrogens (tertiary/aromatic N) is 2. The van der Waals surface area contributed by atoms with E-state index in [4.69, 9.17) is 5.73 Å². The van der Waals surface area contributed by atoms with E-state index < -0.39 is 0 Å². The van der Waals surface area contributed by atoms with Crippen LogP contribution in [0.3, 0.4) is 0 Å². The van der Waals surface area contributed by atoms with Gasteiger partial charge in [-0.15, -0.1) is 0 Å². The summed E-state index contributed by atoms with van der Waals surface area (Å²) in [5.74, 6) is 0. The number of halogens is 1. The summed E-state index contributed by atoms with van der Waals surface area (Å²) in [5.41, 5.74) is 6.72. The Hall–Kier alpha value is -0.480. The Kier molecular flexibility index (Phi) is 1.47. The molecule has 0 unspecified atom stereocenters. The third kappa shape index (κ3) is 1.16. The van der Waals surface area contributed by atoms with E-state index in [2.05, 4.69) is 25.9 Å². The molecule has 0 spiro atoms. The molecule has 0 amide bonds. The topological polar surface area (TPSA) is 51.8 Å². The SMILES string of the molecule is NC1(c2ncncc2Br)CC1. The van der Waals surface area contributed by atoms with Crippen LogP contribution in [0.15, 0.2) is 17.0 Å². The fraction of sp³-hybridized carbons (Fsp3) is 0.429. The zero-order valence-electron chi connectivity index (χ0n) is 5.92. The van der Waals surface area contributed by atoms with Crippen LogP contribution in [0.1, 0.15) is 18.5 Å². The van der Waals surface area contributed by atoms with Gasteiger partial charge in [-0.2, -0.15) is 0 Å². The van der Waals surface area contributed by atoms with Gasteiger partial charge in [0.05, 0.1) is 15.7 Å². The molecule has 0 saturated heterocycles. The molecule has 1 aromatic heterocycles. The highest BCUT2D eigenvalue weighted by Crippen LogP contribution is 2.43. The molecule has 0 aromatic carbocycles. The zero-order valence-corrected chi connectivity index (χ0v) is 7.50. The van der Waals surface area contributed by atoms with Crippen molar-refractivity contribution in [1.82, 2.24) is 9.97 Å². The highest BCUT2D eigenvalue weighted by Gasteiger charge is 2.42. The summed E-state index contributed by atoms with van der Waals surface area (Å²) in [6, 6.07) is 0. The molecule has 3 nitrogen and oxygen atoms in total. The molecular formula is C7H8BrN3. The van der Waals surface area contributed by atoms with Crippen molar-refractivity contribution < 1.29 is 0 Å². The van der Waals surface area contributed by atoms with Crippen LogP contribution in [0.2, 0.25) is 0 Å². The van der Waals surface area contributed by atoms with Gasteiger partial charge in [-0.1, -0.05) is 0 Å². The third-order valence-electron chi connectivity index (χ3n) is 1.93. The largest absolute Gasteiger partial charge is 0.320 e. The summed E-state index contributed by atoms with van der Waals surface area (Å²) >= 11 is 3.37. The molecule has 1 aromatic rings. The molecule has 1 aliphatic carbocycles. The van der Waals surface area contributed by atoms with Crippen LogP contribution in [0, 0.1) is 0 Å². The van der Waals surface area contributed by atoms with Gasteiger partial charge < -0.3 is 5.73 Å². The number of hydrogen-bond donors (Lipinski definition) is 1. The maximum Gasteiger partial charge on any atom is 0.115 e. The molecule has 1 heterocycles. The molecule has 1 fully saturated rings. The molecule has 0 aliphatic heterocycles. The van der Waals surface area contributed by atoms with E-state index in [1.807, 2.05) is 0 Å². The first-order valence-corrected chi connectivity index (χ1v) is 4.26. The Labute approximate surface area is 73.2 Å². The number of nitrogens with two attached hydrogens (primary N) is 1. The Morgan fingerprint density at radius 2 is 2.27 bits per heavy atom. The van der Waals surface area contributed by atoms with E-state index in [1.54, 1.807) is 6.20 Å². The van der Waals surface area contributed by atoms with Crippen molar-refractivity contribution in [1.29, 1.82) is 0 Å². The van der Waals surface area contributed by atoms with Crippen molar-refractivity contribution in [2.75, 3.05) is 0 Å². The van der Waals surface area contributed by atoms with Gasteiger partial charge in [0.15, 0.2) is 0 Å². The fourth-order valence-corrected chi connectivity index (χ4v) is 1.67.